The number of pyridine rings is 1. The highest BCUT2D eigenvalue weighted by molar-refractivity contribution is 5.75. The first-order valence-electron chi connectivity index (χ1n) is 15.6. The molecule has 1 aliphatic heterocycles. The molecule has 3 aromatic rings. The first kappa shape index (κ1) is 33.3. The molecule has 0 spiro atoms. The summed E-state index contributed by atoms with van der Waals surface area (Å²) < 4.78 is 13.0. The van der Waals surface area contributed by atoms with Gasteiger partial charge in [-0.25, -0.2) is 0 Å². The molecule has 1 aliphatic rings. The predicted octanol–water partition coefficient (Wildman–Crippen LogP) is 4.61. The number of carbonyl (C=O) groups excluding carboxylic acids is 2. The molecule has 9 heteroatoms. The molecule has 0 bridgehead atoms. The molecule has 3 N–H and O–H groups in total. The van der Waals surface area contributed by atoms with Crippen molar-refractivity contribution in [3.63, 3.8) is 0 Å². The summed E-state index contributed by atoms with van der Waals surface area (Å²) in [6, 6.07) is 21.9. The van der Waals surface area contributed by atoms with Crippen molar-refractivity contribution in [3.8, 4) is 0 Å². The molecule has 2 heterocycles. The van der Waals surface area contributed by atoms with Crippen LogP contribution >= 0.6 is 0 Å². The van der Waals surface area contributed by atoms with Gasteiger partial charge in [0.1, 0.15) is 0 Å². The zero-order chi connectivity index (χ0) is 31.1. The maximum atomic E-state index is 12.3. The fourth-order valence-electron chi connectivity index (χ4n) is 5.26. The minimum Gasteiger partial charge on any atom is -0.392 e. The normalized spacial score (nSPS) is 18.2. The lowest BCUT2D eigenvalue weighted by molar-refractivity contribution is -0.252. The molecule has 0 saturated carbocycles. The van der Waals surface area contributed by atoms with Gasteiger partial charge in [0.15, 0.2) is 6.29 Å². The molecular formula is C35H46N4O5. The summed E-state index contributed by atoms with van der Waals surface area (Å²) in [5.74, 6) is 0.00116. The zero-order valence-corrected chi connectivity index (χ0v) is 25.9. The van der Waals surface area contributed by atoms with E-state index in [1.54, 1.807) is 0 Å². The van der Waals surface area contributed by atoms with Gasteiger partial charge < -0.3 is 30.1 Å². The lowest BCUT2D eigenvalue weighted by Crippen LogP contribution is -2.38. The van der Waals surface area contributed by atoms with E-state index >= 15 is 0 Å². The van der Waals surface area contributed by atoms with Crippen LogP contribution in [0.5, 0.6) is 0 Å². The summed E-state index contributed by atoms with van der Waals surface area (Å²) in [5, 5.41) is 15.3. The van der Waals surface area contributed by atoms with Crippen LogP contribution in [0.2, 0.25) is 0 Å². The Labute approximate surface area is 261 Å². The molecular weight excluding hydrogens is 556 g/mol. The number of nitrogens with zero attached hydrogens (tertiary/aromatic N) is 2. The highest BCUT2D eigenvalue weighted by Gasteiger charge is 2.32. The van der Waals surface area contributed by atoms with E-state index in [4.69, 9.17) is 9.47 Å². The maximum Gasteiger partial charge on any atom is 0.220 e. The van der Waals surface area contributed by atoms with Crippen LogP contribution in [0.25, 0.3) is 0 Å². The number of nitrogens with one attached hydrogen (secondary N) is 2. The first-order valence-corrected chi connectivity index (χ1v) is 15.6. The van der Waals surface area contributed by atoms with Gasteiger partial charge >= 0.3 is 0 Å². The molecule has 9 nitrogen and oxygen atoms in total. The second kappa shape index (κ2) is 17.6. The van der Waals surface area contributed by atoms with Crippen molar-refractivity contribution in [2.45, 2.75) is 77.1 Å². The summed E-state index contributed by atoms with van der Waals surface area (Å²) in [6.45, 7) is 4.26. The van der Waals surface area contributed by atoms with Gasteiger partial charge in [-0.3, -0.25) is 14.6 Å². The topological polar surface area (TPSA) is 113 Å². The SMILES string of the molecule is CC(=O)NCCCCCC(=O)NCc1ccc([C@@H]2O[C@H](CN(C)CCc3ccccn3)C[C@H](c3ccc(CO)cc3)O2)cc1. The Hall–Kier alpha value is -3.63. The highest BCUT2D eigenvalue weighted by atomic mass is 16.7. The van der Waals surface area contributed by atoms with E-state index in [1.807, 2.05) is 66.9 Å². The summed E-state index contributed by atoms with van der Waals surface area (Å²) in [5.41, 5.74) is 4.93. The fraction of sp³-hybridized carbons (Fsp3) is 0.457. The van der Waals surface area contributed by atoms with Gasteiger partial charge in [-0.15, -0.1) is 0 Å². The molecule has 1 aromatic heterocycles. The van der Waals surface area contributed by atoms with Gasteiger partial charge in [0.2, 0.25) is 11.8 Å². The zero-order valence-electron chi connectivity index (χ0n) is 25.9. The number of ether oxygens (including phenoxy) is 2. The number of hydrogen-bond acceptors (Lipinski definition) is 7. The summed E-state index contributed by atoms with van der Waals surface area (Å²) in [7, 11) is 2.11. The lowest BCUT2D eigenvalue weighted by Gasteiger charge is -2.38. The number of unbranched alkanes of at least 4 members (excludes halogenated alkanes) is 2. The number of aliphatic hydroxyl groups excluding tert-OH is 1. The molecule has 236 valence electrons. The number of rotatable bonds is 16. The Bertz CT molecular complexity index is 1290. The Morgan fingerprint density at radius 1 is 0.932 bits per heavy atom. The van der Waals surface area contributed by atoms with Crippen LogP contribution in [0.15, 0.2) is 72.9 Å². The Kier molecular flexibility index (Phi) is 13.3. The van der Waals surface area contributed by atoms with Crippen molar-refractivity contribution in [2.24, 2.45) is 0 Å². The number of carbonyl (C=O) groups is 2. The molecule has 1 saturated heterocycles. The van der Waals surface area contributed by atoms with E-state index in [1.165, 1.54) is 6.92 Å². The highest BCUT2D eigenvalue weighted by Crippen LogP contribution is 2.38. The minimum absolute atomic E-state index is 0.00791. The fourth-order valence-corrected chi connectivity index (χ4v) is 5.26. The van der Waals surface area contributed by atoms with Crippen molar-refractivity contribution >= 4 is 11.8 Å². The van der Waals surface area contributed by atoms with Crippen molar-refractivity contribution in [2.75, 3.05) is 26.7 Å². The second-order valence-corrected chi connectivity index (χ2v) is 11.5. The van der Waals surface area contributed by atoms with E-state index in [-0.39, 0.29) is 30.6 Å². The van der Waals surface area contributed by atoms with Crippen LogP contribution < -0.4 is 10.6 Å². The Morgan fingerprint density at radius 3 is 2.39 bits per heavy atom. The molecule has 0 aliphatic carbocycles. The second-order valence-electron chi connectivity index (χ2n) is 11.5. The van der Waals surface area contributed by atoms with Gasteiger partial charge in [-0.2, -0.15) is 0 Å². The third kappa shape index (κ3) is 11.1. The molecule has 4 rings (SSSR count). The first-order chi connectivity index (χ1) is 21.4. The average molecular weight is 603 g/mol. The summed E-state index contributed by atoms with van der Waals surface area (Å²) in [4.78, 5) is 29.9. The third-order valence-corrected chi connectivity index (χ3v) is 7.80. The number of likely N-dealkylation sites (N-methyl/N-ethyl adjacent to an activating group) is 1. The van der Waals surface area contributed by atoms with E-state index in [0.29, 0.717) is 19.5 Å². The minimum atomic E-state index is -0.526. The number of aromatic nitrogens is 1. The third-order valence-electron chi connectivity index (χ3n) is 7.80. The quantitative estimate of drug-likeness (QED) is 0.205. The monoisotopic (exact) mass is 602 g/mol. The molecule has 3 atom stereocenters. The molecule has 0 radical (unpaired) electrons. The van der Waals surface area contributed by atoms with E-state index in [0.717, 1.165) is 73.1 Å². The largest absolute Gasteiger partial charge is 0.392 e. The number of benzene rings is 2. The van der Waals surface area contributed by atoms with Crippen LogP contribution in [0.3, 0.4) is 0 Å². The van der Waals surface area contributed by atoms with Crippen LogP contribution in [-0.2, 0) is 38.6 Å². The van der Waals surface area contributed by atoms with Crippen molar-refractivity contribution in [3.05, 3.63) is 101 Å². The molecule has 44 heavy (non-hydrogen) atoms. The molecule has 2 amide bonds. The standard InChI is InChI=1S/C35H46N4O5/c1-26(41)36-19-6-3-4-9-34(42)38-23-27-10-16-30(17-11-27)35-43-32(24-39(2)21-18-31-8-5-7-20-37-31)22-33(44-35)29-14-12-28(25-40)13-15-29/h5,7-8,10-17,20,32-33,35,40H,3-4,6,9,18-19,21-25H2,1-2H3,(H,36,41)(H,38,42)/t32-,33+,35+/m0/s1. The van der Waals surface area contributed by atoms with Crippen LogP contribution in [0, 0.1) is 0 Å². The molecule has 0 unspecified atom stereocenters. The van der Waals surface area contributed by atoms with Crippen molar-refractivity contribution in [1.29, 1.82) is 0 Å². The summed E-state index contributed by atoms with van der Waals surface area (Å²) >= 11 is 0. The van der Waals surface area contributed by atoms with Gasteiger partial charge in [0.25, 0.3) is 0 Å². The summed E-state index contributed by atoms with van der Waals surface area (Å²) in [6.07, 6.45) is 5.75. The predicted molar refractivity (Wildman–Crippen MR) is 169 cm³/mol. The molecule has 1 fully saturated rings. The maximum absolute atomic E-state index is 12.3. The van der Waals surface area contributed by atoms with Gasteiger partial charge in [0, 0.05) is 69.8 Å². The average Bonchev–Trinajstić information content (AvgIpc) is 3.05. The van der Waals surface area contributed by atoms with E-state index in [9.17, 15) is 14.7 Å². The van der Waals surface area contributed by atoms with E-state index < -0.39 is 6.29 Å². The van der Waals surface area contributed by atoms with Gasteiger partial charge in [-0.05, 0) is 48.7 Å². The molecule has 2 aromatic carbocycles. The van der Waals surface area contributed by atoms with Crippen LogP contribution in [0.1, 0.15) is 79.4 Å². The number of amides is 2. The van der Waals surface area contributed by atoms with Crippen molar-refractivity contribution in [1.82, 2.24) is 20.5 Å². The smallest absolute Gasteiger partial charge is 0.220 e. The van der Waals surface area contributed by atoms with E-state index in [2.05, 4.69) is 33.6 Å². The Morgan fingerprint density at radius 2 is 1.68 bits per heavy atom. The van der Waals surface area contributed by atoms with Gasteiger partial charge in [0.05, 0.1) is 18.8 Å². The van der Waals surface area contributed by atoms with Crippen molar-refractivity contribution < 1.29 is 24.2 Å². The Balaban J connectivity index is 1.32. The lowest BCUT2D eigenvalue weighted by atomic mass is 9.99. The number of aliphatic hydroxyl groups is 1. The number of hydrogen-bond donors (Lipinski definition) is 3. The van der Waals surface area contributed by atoms with Crippen LogP contribution in [0.4, 0.5) is 0 Å². The van der Waals surface area contributed by atoms with Gasteiger partial charge in [-0.1, -0.05) is 61.0 Å². The van der Waals surface area contributed by atoms with Crippen LogP contribution in [-0.4, -0.2) is 59.6 Å².